The Kier molecular flexibility index (Phi) is 10.4. The van der Waals surface area contributed by atoms with Gasteiger partial charge in [-0.15, -0.1) is 24.0 Å². The predicted molar refractivity (Wildman–Crippen MR) is 106 cm³/mol. The summed E-state index contributed by atoms with van der Waals surface area (Å²) in [6.07, 6.45) is 12.0. The molecule has 1 heterocycles. The van der Waals surface area contributed by atoms with Crippen molar-refractivity contribution in [3.63, 3.8) is 0 Å². The molecule has 22 heavy (non-hydrogen) atoms. The van der Waals surface area contributed by atoms with E-state index >= 15 is 0 Å². The van der Waals surface area contributed by atoms with E-state index in [0.29, 0.717) is 17.9 Å². The van der Waals surface area contributed by atoms with E-state index in [-0.39, 0.29) is 24.0 Å². The molecule has 1 unspecified atom stereocenters. The van der Waals surface area contributed by atoms with Gasteiger partial charge in [0.15, 0.2) is 5.96 Å². The third-order valence-corrected chi connectivity index (χ3v) is 4.80. The number of nitrogens with two attached hydrogens (primary N) is 1. The summed E-state index contributed by atoms with van der Waals surface area (Å²) in [4.78, 5) is 7.15. The number of hydrogen-bond acceptors (Lipinski definition) is 2. The molecule has 1 saturated heterocycles. The highest BCUT2D eigenvalue weighted by atomic mass is 127. The van der Waals surface area contributed by atoms with Gasteiger partial charge in [-0.05, 0) is 44.7 Å². The zero-order valence-corrected chi connectivity index (χ0v) is 16.6. The number of nitrogens with zero attached hydrogens (tertiary/aromatic N) is 2. The van der Waals surface area contributed by atoms with Crippen LogP contribution >= 0.6 is 24.0 Å². The smallest absolute Gasteiger partial charge is 0.188 e. The van der Waals surface area contributed by atoms with Crippen molar-refractivity contribution in [2.24, 2.45) is 16.6 Å². The number of rotatable bonds is 5. The molecular weight excluding hydrogens is 387 g/mol. The lowest BCUT2D eigenvalue weighted by molar-refractivity contribution is 0.203. The van der Waals surface area contributed by atoms with Crippen LogP contribution in [0, 0.1) is 5.92 Å². The van der Waals surface area contributed by atoms with Crippen molar-refractivity contribution < 1.29 is 0 Å². The molecule has 1 aliphatic heterocycles. The summed E-state index contributed by atoms with van der Waals surface area (Å²) in [6.45, 7) is 6.84. The van der Waals surface area contributed by atoms with Crippen LogP contribution in [0.5, 0.6) is 0 Å². The zero-order chi connectivity index (χ0) is 14.9. The molecule has 130 valence electrons. The number of hydrogen-bond donors (Lipinski definition) is 2. The van der Waals surface area contributed by atoms with E-state index < -0.39 is 0 Å². The SMILES string of the molecule is CC(CN=C(N)NC1CCCCCC1)CN1CCCCC1.I. The molecule has 4 nitrogen and oxygen atoms in total. The topological polar surface area (TPSA) is 53.6 Å². The summed E-state index contributed by atoms with van der Waals surface area (Å²) in [5.41, 5.74) is 6.06. The first-order valence-electron chi connectivity index (χ1n) is 9.03. The summed E-state index contributed by atoms with van der Waals surface area (Å²) in [5, 5.41) is 3.43. The summed E-state index contributed by atoms with van der Waals surface area (Å²) in [6, 6.07) is 0.550. The lowest BCUT2D eigenvalue weighted by Crippen LogP contribution is -2.40. The Bertz CT molecular complexity index is 308. The fourth-order valence-corrected chi connectivity index (χ4v) is 3.57. The Morgan fingerprint density at radius 1 is 1.09 bits per heavy atom. The Labute approximate surface area is 153 Å². The first kappa shape index (κ1) is 20.0. The van der Waals surface area contributed by atoms with Crippen molar-refractivity contribution in [1.82, 2.24) is 10.2 Å². The van der Waals surface area contributed by atoms with Gasteiger partial charge < -0.3 is 16.0 Å². The van der Waals surface area contributed by atoms with Crippen molar-refractivity contribution in [2.45, 2.75) is 70.8 Å². The molecule has 0 spiro atoms. The molecule has 1 aliphatic carbocycles. The molecule has 0 aromatic carbocycles. The summed E-state index contributed by atoms with van der Waals surface area (Å²) >= 11 is 0. The van der Waals surface area contributed by atoms with Crippen LogP contribution < -0.4 is 11.1 Å². The number of likely N-dealkylation sites (tertiary alicyclic amines) is 1. The monoisotopic (exact) mass is 422 g/mol. The predicted octanol–water partition coefficient (Wildman–Crippen LogP) is 3.35. The van der Waals surface area contributed by atoms with Crippen LogP contribution in [-0.2, 0) is 0 Å². The number of aliphatic imine (C=N–C) groups is 1. The lowest BCUT2D eigenvalue weighted by Gasteiger charge is -2.28. The van der Waals surface area contributed by atoms with Crippen molar-refractivity contribution in [3.05, 3.63) is 0 Å². The number of piperidine rings is 1. The fraction of sp³-hybridized carbons (Fsp3) is 0.941. The average molecular weight is 422 g/mol. The molecule has 0 aromatic heterocycles. The maximum atomic E-state index is 6.06. The van der Waals surface area contributed by atoms with Crippen molar-refractivity contribution in [1.29, 1.82) is 0 Å². The van der Waals surface area contributed by atoms with Crippen LogP contribution in [0.2, 0.25) is 0 Å². The largest absolute Gasteiger partial charge is 0.370 e. The van der Waals surface area contributed by atoms with Crippen LogP contribution in [0.25, 0.3) is 0 Å². The molecule has 0 aromatic rings. The maximum Gasteiger partial charge on any atom is 0.188 e. The second-order valence-corrected chi connectivity index (χ2v) is 7.03. The summed E-state index contributed by atoms with van der Waals surface area (Å²) in [5.74, 6) is 1.25. The van der Waals surface area contributed by atoms with Gasteiger partial charge in [-0.25, -0.2) is 0 Å². The third kappa shape index (κ3) is 7.99. The third-order valence-electron chi connectivity index (χ3n) is 4.80. The Balaban J connectivity index is 0.00000242. The minimum atomic E-state index is 0. The van der Waals surface area contributed by atoms with Gasteiger partial charge in [-0.2, -0.15) is 0 Å². The van der Waals surface area contributed by atoms with Crippen LogP contribution in [0.1, 0.15) is 64.7 Å². The fourth-order valence-electron chi connectivity index (χ4n) is 3.57. The first-order chi connectivity index (χ1) is 10.2. The zero-order valence-electron chi connectivity index (χ0n) is 14.2. The molecule has 1 saturated carbocycles. The molecule has 2 fully saturated rings. The molecule has 1 atom stereocenters. The molecule has 0 radical (unpaired) electrons. The van der Waals surface area contributed by atoms with E-state index in [1.54, 1.807) is 0 Å². The van der Waals surface area contributed by atoms with E-state index in [4.69, 9.17) is 5.73 Å². The number of nitrogens with one attached hydrogen (secondary N) is 1. The Morgan fingerprint density at radius 3 is 2.32 bits per heavy atom. The van der Waals surface area contributed by atoms with Gasteiger partial charge in [-0.3, -0.25) is 4.99 Å². The van der Waals surface area contributed by atoms with Gasteiger partial charge in [0.1, 0.15) is 0 Å². The van der Waals surface area contributed by atoms with E-state index in [9.17, 15) is 0 Å². The lowest BCUT2D eigenvalue weighted by atomic mass is 10.1. The average Bonchev–Trinajstić information content (AvgIpc) is 2.75. The van der Waals surface area contributed by atoms with Gasteiger partial charge in [0.25, 0.3) is 0 Å². The van der Waals surface area contributed by atoms with Crippen LogP contribution in [0.15, 0.2) is 4.99 Å². The van der Waals surface area contributed by atoms with Gasteiger partial charge in [0.2, 0.25) is 0 Å². The normalized spacial score (nSPS) is 23.4. The van der Waals surface area contributed by atoms with Crippen molar-refractivity contribution in [2.75, 3.05) is 26.2 Å². The highest BCUT2D eigenvalue weighted by Gasteiger charge is 2.14. The van der Waals surface area contributed by atoms with Gasteiger partial charge in [0, 0.05) is 19.1 Å². The van der Waals surface area contributed by atoms with Gasteiger partial charge in [-0.1, -0.05) is 39.0 Å². The summed E-state index contributed by atoms with van der Waals surface area (Å²) < 4.78 is 0. The Hall–Kier alpha value is -0.0400. The maximum absolute atomic E-state index is 6.06. The molecule has 2 aliphatic rings. The number of halogens is 1. The summed E-state index contributed by atoms with van der Waals surface area (Å²) in [7, 11) is 0. The van der Waals surface area contributed by atoms with E-state index in [1.165, 1.54) is 77.4 Å². The van der Waals surface area contributed by atoms with Crippen LogP contribution in [-0.4, -0.2) is 43.1 Å². The molecule has 2 rings (SSSR count). The number of guanidine groups is 1. The van der Waals surface area contributed by atoms with Crippen molar-refractivity contribution in [3.8, 4) is 0 Å². The minimum Gasteiger partial charge on any atom is -0.370 e. The first-order valence-corrected chi connectivity index (χ1v) is 9.03. The molecule has 3 N–H and O–H groups in total. The van der Waals surface area contributed by atoms with E-state index in [0.717, 1.165) is 6.54 Å². The molecular formula is C17H35IN4. The molecule has 0 amide bonds. The minimum absolute atomic E-state index is 0. The quantitative estimate of drug-likeness (QED) is 0.309. The second-order valence-electron chi connectivity index (χ2n) is 7.03. The van der Waals surface area contributed by atoms with E-state index in [2.05, 4.69) is 22.1 Å². The highest BCUT2D eigenvalue weighted by molar-refractivity contribution is 14.0. The molecule has 0 bridgehead atoms. The Morgan fingerprint density at radius 2 is 1.68 bits per heavy atom. The molecule has 5 heteroatoms. The van der Waals surface area contributed by atoms with Crippen molar-refractivity contribution >= 4 is 29.9 Å². The van der Waals surface area contributed by atoms with Crippen LogP contribution in [0.4, 0.5) is 0 Å². The standard InChI is InChI=1S/C17H34N4.HI/c1-15(14-21-11-7-4-8-12-21)13-19-17(18)20-16-9-5-2-3-6-10-16;/h15-16H,2-14H2,1H3,(H3,18,19,20);1H. The van der Waals surface area contributed by atoms with Gasteiger partial charge >= 0.3 is 0 Å². The van der Waals surface area contributed by atoms with E-state index in [1.807, 2.05) is 0 Å². The highest BCUT2D eigenvalue weighted by Crippen LogP contribution is 2.17. The van der Waals surface area contributed by atoms with Crippen LogP contribution in [0.3, 0.4) is 0 Å². The second kappa shape index (κ2) is 11.5. The van der Waals surface area contributed by atoms with Gasteiger partial charge in [0.05, 0.1) is 0 Å².